The van der Waals surface area contributed by atoms with Gasteiger partial charge in [-0.3, -0.25) is 9.69 Å². The molecule has 0 bridgehead atoms. The highest BCUT2D eigenvalue weighted by atomic mass is 16.1. The summed E-state index contributed by atoms with van der Waals surface area (Å²) in [6.07, 6.45) is 3.21. The average molecular weight is 169 g/mol. The van der Waals surface area contributed by atoms with Crippen molar-refractivity contribution in [2.75, 3.05) is 19.6 Å². The van der Waals surface area contributed by atoms with Gasteiger partial charge in [-0.2, -0.15) is 0 Å². The predicted molar refractivity (Wildman–Crippen MR) is 50.1 cm³/mol. The van der Waals surface area contributed by atoms with E-state index in [9.17, 15) is 4.79 Å². The van der Waals surface area contributed by atoms with E-state index in [0.717, 1.165) is 19.0 Å². The van der Waals surface area contributed by atoms with Crippen molar-refractivity contribution >= 4 is 5.78 Å². The van der Waals surface area contributed by atoms with Crippen molar-refractivity contribution in [3.05, 3.63) is 0 Å². The summed E-state index contributed by atoms with van der Waals surface area (Å²) in [7, 11) is 0. The number of rotatable bonds is 3. The number of carbonyl (C=O) groups excluding carboxylic acids is 1. The van der Waals surface area contributed by atoms with Gasteiger partial charge in [0.2, 0.25) is 0 Å². The van der Waals surface area contributed by atoms with Crippen LogP contribution < -0.4 is 0 Å². The van der Waals surface area contributed by atoms with E-state index in [-0.39, 0.29) is 0 Å². The Morgan fingerprint density at radius 3 is 2.50 bits per heavy atom. The van der Waals surface area contributed by atoms with E-state index >= 15 is 0 Å². The van der Waals surface area contributed by atoms with Crippen LogP contribution in [0.2, 0.25) is 0 Å². The first-order chi connectivity index (χ1) is 5.72. The van der Waals surface area contributed by atoms with E-state index in [1.165, 1.54) is 12.8 Å². The number of hydrogen-bond acceptors (Lipinski definition) is 2. The predicted octanol–water partition coefficient (Wildman–Crippen LogP) is 1.70. The lowest BCUT2D eigenvalue weighted by molar-refractivity contribution is -0.120. The van der Waals surface area contributed by atoms with Crippen LogP contribution in [0, 0.1) is 5.92 Å². The number of piperidine rings is 1. The van der Waals surface area contributed by atoms with Gasteiger partial charge >= 0.3 is 0 Å². The molecule has 1 aliphatic rings. The van der Waals surface area contributed by atoms with Crippen LogP contribution in [0.4, 0.5) is 0 Å². The van der Waals surface area contributed by atoms with Crippen molar-refractivity contribution in [1.82, 2.24) is 4.90 Å². The zero-order valence-electron chi connectivity index (χ0n) is 8.18. The highest BCUT2D eigenvalue weighted by Gasteiger charge is 2.16. The molecule has 0 aromatic heterocycles. The standard InChI is InChI=1S/C10H19NO/c1-3-10(12)8-11-6-4-9(2)5-7-11/h9H,3-8H2,1-2H3. The Bertz CT molecular complexity index is 148. The van der Waals surface area contributed by atoms with Crippen LogP contribution >= 0.6 is 0 Å². The summed E-state index contributed by atoms with van der Waals surface area (Å²) in [5.74, 6) is 1.24. The Hall–Kier alpha value is -0.370. The molecular formula is C10H19NO. The number of nitrogens with zero attached hydrogens (tertiary/aromatic N) is 1. The quantitative estimate of drug-likeness (QED) is 0.641. The molecule has 0 aromatic rings. The van der Waals surface area contributed by atoms with E-state index in [1.807, 2.05) is 6.92 Å². The van der Waals surface area contributed by atoms with Crippen LogP contribution in [0.15, 0.2) is 0 Å². The van der Waals surface area contributed by atoms with Gasteiger partial charge in [-0.25, -0.2) is 0 Å². The molecule has 0 atom stereocenters. The Morgan fingerprint density at radius 2 is 2.00 bits per heavy atom. The Balaban J connectivity index is 2.21. The lowest BCUT2D eigenvalue weighted by Crippen LogP contribution is -2.36. The number of hydrogen-bond donors (Lipinski definition) is 0. The largest absolute Gasteiger partial charge is 0.298 e. The molecule has 0 aliphatic carbocycles. The summed E-state index contributed by atoms with van der Waals surface area (Å²) in [4.78, 5) is 13.4. The third kappa shape index (κ3) is 2.94. The van der Waals surface area contributed by atoms with Crippen molar-refractivity contribution in [2.24, 2.45) is 5.92 Å². The number of Topliss-reactive ketones (excluding diaryl/α,β-unsaturated/α-hetero) is 1. The zero-order valence-corrected chi connectivity index (χ0v) is 8.18. The molecule has 0 aromatic carbocycles. The van der Waals surface area contributed by atoms with Crippen molar-refractivity contribution < 1.29 is 4.79 Å². The Morgan fingerprint density at radius 1 is 1.42 bits per heavy atom. The van der Waals surface area contributed by atoms with E-state index in [4.69, 9.17) is 0 Å². The smallest absolute Gasteiger partial charge is 0.146 e. The molecule has 1 rings (SSSR count). The van der Waals surface area contributed by atoms with E-state index < -0.39 is 0 Å². The fourth-order valence-corrected chi connectivity index (χ4v) is 1.58. The fraction of sp³-hybridized carbons (Fsp3) is 0.900. The molecule has 70 valence electrons. The normalized spacial score (nSPS) is 21.2. The summed E-state index contributed by atoms with van der Waals surface area (Å²) < 4.78 is 0. The summed E-state index contributed by atoms with van der Waals surface area (Å²) >= 11 is 0. The molecule has 1 saturated heterocycles. The molecule has 2 nitrogen and oxygen atoms in total. The van der Waals surface area contributed by atoms with Crippen LogP contribution in [0.25, 0.3) is 0 Å². The molecule has 2 heteroatoms. The minimum Gasteiger partial charge on any atom is -0.298 e. The second-order valence-corrected chi connectivity index (χ2v) is 3.85. The molecule has 0 amide bonds. The number of carbonyl (C=O) groups is 1. The van der Waals surface area contributed by atoms with Crippen LogP contribution in [-0.2, 0) is 4.79 Å². The van der Waals surface area contributed by atoms with E-state index in [1.54, 1.807) is 0 Å². The third-order valence-corrected chi connectivity index (χ3v) is 2.67. The first-order valence-corrected chi connectivity index (χ1v) is 4.96. The first kappa shape index (κ1) is 9.72. The second-order valence-electron chi connectivity index (χ2n) is 3.85. The molecule has 0 unspecified atom stereocenters. The average Bonchev–Trinajstić information content (AvgIpc) is 2.09. The monoisotopic (exact) mass is 169 g/mol. The Kier molecular flexibility index (Phi) is 3.73. The maximum Gasteiger partial charge on any atom is 0.146 e. The van der Waals surface area contributed by atoms with Gasteiger partial charge < -0.3 is 0 Å². The molecule has 1 fully saturated rings. The molecular weight excluding hydrogens is 150 g/mol. The fourth-order valence-electron chi connectivity index (χ4n) is 1.58. The minimum absolute atomic E-state index is 0.379. The highest BCUT2D eigenvalue weighted by Crippen LogP contribution is 2.15. The highest BCUT2D eigenvalue weighted by molar-refractivity contribution is 5.80. The maximum atomic E-state index is 11.1. The van der Waals surface area contributed by atoms with Crippen LogP contribution in [0.3, 0.4) is 0 Å². The van der Waals surface area contributed by atoms with Crippen molar-refractivity contribution in [3.8, 4) is 0 Å². The maximum absolute atomic E-state index is 11.1. The third-order valence-electron chi connectivity index (χ3n) is 2.67. The van der Waals surface area contributed by atoms with E-state index in [2.05, 4.69) is 11.8 Å². The van der Waals surface area contributed by atoms with Gasteiger partial charge in [0, 0.05) is 6.42 Å². The van der Waals surface area contributed by atoms with Gasteiger partial charge in [0.05, 0.1) is 6.54 Å². The minimum atomic E-state index is 0.379. The first-order valence-electron chi connectivity index (χ1n) is 4.96. The van der Waals surface area contributed by atoms with Crippen LogP contribution in [0.5, 0.6) is 0 Å². The molecule has 12 heavy (non-hydrogen) atoms. The lowest BCUT2D eigenvalue weighted by Gasteiger charge is -2.29. The van der Waals surface area contributed by atoms with Crippen LogP contribution in [-0.4, -0.2) is 30.3 Å². The SMILES string of the molecule is CCC(=O)CN1CCC(C)CC1. The summed E-state index contributed by atoms with van der Waals surface area (Å²) in [5.41, 5.74) is 0. The van der Waals surface area contributed by atoms with Crippen molar-refractivity contribution in [3.63, 3.8) is 0 Å². The number of ketones is 1. The van der Waals surface area contributed by atoms with Gasteiger partial charge in [0.25, 0.3) is 0 Å². The molecule has 1 heterocycles. The molecule has 0 saturated carbocycles. The second kappa shape index (κ2) is 4.61. The Labute approximate surface area is 74.9 Å². The molecule has 0 spiro atoms. The number of likely N-dealkylation sites (tertiary alicyclic amines) is 1. The summed E-state index contributed by atoms with van der Waals surface area (Å²) in [6.45, 7) is 7.15. The molecule has 1 aliphatic heterocycles. The molecule has 0 N–H and O–H groups in total. The van der Waals surface area contributed by atoms with Gasteiger partial charge in [0.15, 0.2) is 0 Å². The van der Waals surface area contributed by atoms with Gasteiger partial charge in [0.1, 0.15) is 5.78 Å². The molecule has 0 radical (unpaired) electrons. The summed E-state index contributed by atoms with van der Waals surface area (Å²) in [6, 6.07) is 0. The topological polar surface area (TPSA) is 20.3 Å². The van der Waals surface area contributed by atoms with Crippen LogP contribution in [0.1, 0.15) is 33.1 Å². The van der Waals surface area contributed by atoms with Crippen molar-refractivity contribution in [1.29, 1.82) is 0 Å². The lowest BCUT2D eigenvalue weighted by atomic mass is 9.99. The van der Waals surface area contributed by atoms with E-state index in [0.29, 0.717) is 18.7 Å². The zero-order chi connectivity index (χ0) is 8.97. The van der Waals surface area contributed by atoms with Gasteiger partial charge in [-0.1, -0.05) is 13.8 Å². The van der Waals surface area contributed by atoms with Gasteiger partial charge in [-0.05, 0) is 31.8 Å². The van der Waals surface area contributed by atoms with Crippen molar-refractivity contribution in [2.45, 2.75) is 33.1 Å². The summed E-state index contributed by atoms with van der Waals surface area (Å²) in [5, 5.41) is 0. The van der Waals surface area contributed by atoms with Gasteiger partial charge in [-0.15, -0.1) is 0 Å².